The van der Waals surface area contributed by atoms with Crippen molar-refractivity contribution in [3.8, 4) is 0 Å². The number of nitrogens with one attached hydrogen (secondary N) is 1. The predicted octanol–water partition coefficient (Wildman–Crippen LogP) is 2.06. The second-order valence-electron chi connectivity index (χ2n) is 5.16. The maximum atomic E-state index is 11.7. The van der Waals surface area contributed by atoms with Gasteiger partial charge in [0.2, 0.25) is 0 Å². The molecule has 2 aromatic carbocycles. The molecule has 0 aliphatic heterocycles. The molecule has 2 heterocycles. The van der Waals surface area contributed by atoms with Crippen molar-refractivity contribution in [2.45, 2.75) is 6.54 Å². The number of amides is 1. The number of fused-ring (bicyclic) bond motifs is 3. The van der Waals surface area contributed by atoms with E-state index in [4.69, 9.17) is 5.73 Å². The number of nitrogens with zero attached hydrogens (tertiary/aromatic N) is 3. The zero-order chi connectivity index (χ0) is 15.1. The highest BCUT2D eigenvalue weighted by Crippen LogP contribution is 2.27. The van der Waals surface area contributed by atoms with E-state index in [1.165, 1.54) is 0 Å². The molecule has 4 rings (SSSR count). The summed E-state index contributed by atoms with van der Waals surface area (Å²) in [5.74, 6) is -0.483. The van der Waals surface area contributed by atoms with Crippen molar-refractivity contribution in [2.24, 2.45) is 5.73 Å². The SMILES string of the molecule is NC(=O)c1[nH]n(Cc2ccccc2)c2c1ccc1nncc12. The number of hydrogen-bond donors (Lipinski definition) is 2. The molecule has 0 saturated carbocycles. The minimum Gasteiger partial charge on any atom is -0.364 e. The standard InChI is InChI=1S/C16H13N5O/c17-16(22)14-11-6-7-13-12(8-18-19-13)15(11)21(20-14)9-10-4-2-1-3-5-10/h1-8,20H,9H2,(H2,17,22). The highest BCUT2D eigenvalue weighted by Gasteiger charge is 2.16. The van der Waals surface area contributed by atoms with Gasteiger partial charge in [0.1, 0.15) is 5.69 Å². The van der Waals surface area contributed by atoms with E-state index in [1.54, 1.807) is 6.20 Å². The lowest BCUT2D eigenvalue weighted by atomic mass is 10.1. The minimum absolute atomic E-state index is 0.397. The third-order valence-electron chi connectivity index (χ3n) is 3.76. The number of carbonyl (C=O) groups excluding carboxylic acids is 1. The number of nitrogens with two attached hydrogens (primary N) is 1. The van der Waals surface area contributed by atoms with Crippen LogP contribution in [0.15, 0.2) is 48.7 Å². The van der Waals surface area contributed by atoms with Gasteiger partial charge < -0.3 is 5.73 Å². The lowest BCUT2D eigenvalue weighted by molar-refractivity contribution is 0.0996. The van der Waals surface area contributed by atoms with Gasteiger partial charge >= 0.3 is 0 Å². The number of aromatic nitrogens is 4. The molecule has 0 unspecified atom stereocenters. The van der Waals surface area contributed by atoms with Crippen LogP contribution >= 0.6 is 0 Å². The second-order valence-corrected chi connectivity index (χ2v) is 5.16. The molecule has 0 aliphatic rings. The molecule has 0 aliphatic carbocycles. The quantitative estimate of drug-likeness (QED) is 0.605. The molecule has 0 bridgehead atoms. The fourth-order valence-electron chi connectivity index (χ4n) is 2.78. The monoisotopic (exact) mass is 291 g/mol. The van der Waals surface area contributed by atoms with Crippen LogP contribution in [0.3, 0.4) is 0 Å². The molecule has 6 nitrogen and oxygen atoms in total. The zero-order valence-corrected chi connectivity index (χ0v) is 11.7. The summed E-state index contributed by atoms with van der Waals surface area (Å²) in [5.41, 5.74) is 8.69. The topological polar surface area (TPSA) is 89.6 Å². The number of rotatable bonds is 3. The summed E-state index contributed by atoms with van der Waals surface area (Å²) >= 11 is 0. The Morgan fingerprint density at radius 3 is 2.73 bits per heavy atom. The lowest BCUT2D eigenvalue weighted by Gasteiger charge is -2.05. The average Bonchev–Trinajstić information content (AvgIpc) is 3.12. The Morgan fingerprint density at radius 1 is 1.14 bits per heavy atom. The number of H-pyrrole nitrogens is 1. The Bertz CT molecular complexity index is 984. The molecule has 108 valence electrons. The van der Waals surface area contributed by atoms with Gasteiger partial charge in [0.15, 0.2) is 0 Å². The van der Waals surface area contributed by atoms with Crippen LogP contribution in [0.4, 0.5) is 0 Å². The molecular weight excluding hydrogens is 278 g/mol. The first-order valence-corrected chi connectivity index (χ1v) is 6.90. The van der Waals surface area contributed by atoms with E-state index in [2.05, 4.69) is 15.3 Å². The lowest BCUT2D eigenvalue weighted by Crippen LogP contribution is -2.13. The van der Waals surface area contributed by atoms with E-state index in [9.17, 15) is 4.79 Å². The molecule has 3 N–H and O–H groups in total. The zero-order valence-electron chi connectivity index (χ0n) is 11.7. The summed E-state index contributed by atoms with van der Waals surface area (Å²) in [6.07, 6.45) is 1.71. The second kappa shape index (κ2) is 4.70. The molecule has 0 radical (unpaired) electrons. The van der Waals surface area contributed by atoms with Crippen LogP contribution in [0.25, 0.3) is 21.8 Å². The first kappa shape index (κ1) is 12.6. The molecule has 0 atom stereocenters. The van der Waals surface area contributed by atoms with Crippen LogP contribution in [-0.4, -0.2) is 25.9 Å². The minimum atomic E-state index is -0.483. The summed E-state index contributed by atoms with van der Waals surface area (Å²) in [5, 5.41) is 12.8. The van der Waals surface area contributed by atoms with Crippen LogP contribution in [0.1, 0.15) is 16.1 Å². The van der Waals surface area contributed by atoms with Crippen molar-refractivity contribution in [3.63, 3.8) is 0 Å². The number of aromatic amines is 1. The molecular formula is C16H13N5O. The molecule has 0 fully saturated rings. The van der Waals surface area contributed by atoms with E-state index in [1.807, 2.05) is 47.1 Å². The van der Waals surface area contributed by atoms with Crippen LogP contribution in [0, 0.1) is 0 Å². The van der Waals surface area contributed by atoms with Gasteiger partial charge in [-0.15, -0.1) is 0 Å². The Balaban J connectivity index is 2.00. The van der Waals surface area contributed by atoms with E-state index >= 15 is 0 Å². The van der Waals surface area contributed by atoms with Gasteiger partial charge in [0, 0.05) is 10.8 Å². The highest BCUT2D eigenvalue weighted by atomic mass is 16.1. The van der Waals surface area contributed by atoms with E-state index in [0.29, 0.717) is 12.2 Å². The molecule has 6 heteroatoms. The predicted molar refractivity (Wildman–Crippen MR) is 83.4 cm³/mol. The average molecular weight is 291 g/mol. The molecule has 0 spiro atoms. The van der Waals surface area contributed by atoms with Gasteiger partial charge in [0.25, 0.3) is 5.91 Å². The van der Waals surface area contributed by atoms with Gasteiger partial charge in [-0.05, 0) is 17.7 Å². The van der Waals surface area contributed by atoms with Crippen LogP contribution in [0.2, 0.25) is 0 Å². The third-order valence-corrected chi connectivity index (χ3v) is 3.76. The maximum absolute atomic E-state index is 11.7. The Labute approximate surface area is 125 Å². The van der Waals surface area contributed by atoms with E-state index in [0.717, 1.165) is 27.4 Å². The molecule has 2 aromatic heterocycles. The number of carbonyl (C=O) groups is 1. The fourth-order valence-corrected chi connectivity index (χ4v) is 2.78. The number of primary amides is 1. The van der Waals surface area contributed by atoms with Gasteiger partial charge in [-0.1, -0.05) is 30.3 Å². The van der Waals surface area contributed by atoms with Crippen molar-refractivity contribution in [2.75, 3.05) is 0 Å². The maximum Gasteiger partial charge on any atom is 0.267 e. The number of benzene rings is 2. The Kier molecular flexibility index (Phi) is 2.69. The Hall–Kier alpha value is -3.15. The van der Waals surface area contributed by atoms with Crippen LogP contribution in [0.5, 0.6) is 0 Å². The summed E-state index contributed by atoms with van der Waals surface area (Å²) in [6.45, 7) is 0.606. The van der Waals surface area contributed by atoms with Crippen molar-refractivity contribution in [1.29, 1.82) is 0 Å². The summed E-state index contributed by atoms with van der Waals surface area (Å²) < 4.78 is 1.91. The molecule has 4 aromatic rings. The summed E-state index contributed by atoms with van der Waals surface area (Å²) in [7, 11) is 0. The van der Waals surface area contributed by atoms with Gasteiger partial charge in [0.05, 0.1) is 23.8 Å². The van der Waals surface area contributed by atoms with Gasteiger partial charge in [-0.3, -0.25) is 14.6 Å². The molecule has 22 heavy (non-hydrogen) atoms. The van der Waals surface area contributed by atoms with Crippen molar-refractivity contribution in [1.82, 2.24) is 20.0 Å². The normalized spacial score (nSPS) is 11.3. The van der Waals surface area contributed by atoms with Gasteiger partial charge in [-0.25, -0.2) is 0 Å². The van der Waals surface area contributed by atoms with Crippen molar-refractivity contribution < 1.29 is 4.79 Å². The first-order valence-electron chi connectivity index (χ1n) is 6.90. The fraction of sp³-hybridized carbons (Fsp3) is 0.0625. The number of hydrogen-bond acceptors (Lipinski definition) is 3. The molecule has 0 saturated heterocycles. The van der Waals surface area contributed by atoms with E-state index in [-0.39, 0.29) is 0 Å². The van der Waals surface area contributed by atoms with Crippen molar-refractivity contribution >= 4 is 27.7 Å². The first-order chi connectivity index (χ1) is 10.7. The smallest absolute Gasteiger partial charge is 0.267 e. The van der Waals surface area contributed by atoms with Gasteiger partial charge in [-0.2, -0.15) is 10.2 Å². The Morgan fingerprint density at radius 2 is 1.95 bits per heavy atom. The van der Waals surface area contributed by atoms with E-state index < -0.39 is 5.91 Å². The third kappa shape index (κ3) is 1.85. The van der Waals surface area contributed by atoms with Crippen LogP contribution in [-0.2, 0) is 6.54 Å². The van der Waals surface area contributed by atoms with Crippen molar-refractivity contribution in [3.05, 3.63) is 59.9 Å². The largest absolute Gasteiger partial charge is 0.364 e. The highest BCUT2D eigenvalue weighted by molar-refractivity contribution is 6.12. The summed E-state index contributed by atoms with van der Waals surface area (Å²) in [6, 6.07) is 13.7. The summed E-state index contributed by atoms with van der Waals surface area (Å²) in [4.78, 5) is 11.7. The van der Waals surface area contributed by atoms with Crippen LogP contribution < -0.4 is 5.73 Å². The molecule has 1 amide bonds.